The fourth-order valence-electron chi connectivity index (χ4n) is 7.97. The number of nitrogens with zero attached hydrogens (tertiary/aromatic N) is 4. The van der Waals surface area contributed by atoms with E-state index >= 15 is 0 Å². The van der Waals surface area contributed by atoms with Gasteiger partial charge in [-0.3, -0.25) is 9.59 Å². The smallest absolute Gasteiger partial charge is 0.407 e. The van der Waals surface area contributed by atoms with Gasteiger partial charge in [0.2, 0.25) is 11.8 Å². The van der Waals surface area contributed by atoms with Crippen molar-refractivity contribution in [3.63, 3.8) is 0 Å². The van der Waals surface area contributed by atoms with Crippen LogP contribution in [0.5, 0.6) is 0 Å². The van der Waals surface area contributed by atoms with Gasteiger partial charge in [0.15, 0.2) is 0 Å². The normalized spacial score (nSPS) is 18.1. The van der Waals surface area contributed by atoms with E-state index in [1.807, 2.05) is 49.6 Å². The molecule has 14 heteroatoms. The Bertz CT molecular complexity index is 2090. The van der Waals surface area contributed by atoms with Gasteiger partial charge in [0.25, 0.3) is 0 Å². The molecular formula is C42H50N8O6. The van der Waals surface area contributed by atoms with Crippen molar-refractivity contribution in [2.45, 2.75) is 77.5 Å². The maximum Gasteiger partial charge on any atom is 0.407 e. The van der Waals surface area contributed by atoms with E-state index < -0.39 is 24.3 Å². The van der Waals surface area contributed by atoms with Gasteiger partial charge in [0.05, 0.1) is 48.4 Å². The van der Waals surface area contributed by atoms with Crippen molar-refractivity contribution in [3.8, 4) is 22.3 Å². The largest absolute Gasteiger partial charge is 0.453 e. The van der Waals surface area contributed by atoms with E-state index in [1.165, 1.54) is 14.2 Å². The highest BCUT2D eigenvalue weighted by molar-refractivity contribution is 5.88. The minimum Gasteiger partial charge on any atom is -0.453 e. The average Bonchev–Trinajstić information content (AvgIpc) is 4.03. The van der Waals surface area contributed by atoms with E-state index in [0.29, 0.717) is 13.1 Å². The summed E-state index contributed by atoms with van der Waals surface area (Å²) < 4.78 is 9.54. The predicted molar refractivity (Wildman–Crippen MR) is 212 cm³/mol. The van der Waals surface area contributed by atoms with Gasteiger partial charge in [-0.05, 0) is 84.0 Å². The number of rotatable bonds is 10. The van der Waals surface area contributed by atoms with Crippen LogP contribution in [-0.4, -0.2) is 93.1 Å². The van der Waals surface area contributed by atoms with Crippen LogP contribution in [0.15, 0.2) is 60.7 Å². The molecule has 4 atom stereocenters. The highest BCUT2D eigenvalue weighted by atomic mass is 16.5. The minimum atomic E-state index is -0.692. The summed E-state index contributed by atoms with van der Waals surface area (Å²) in [5.41, 5.74) is 7.54. The van der Waals surface area contributed by atoms with Crippen LogP contribution in [0.3, 0.4) is 0 Å². The molecule has 2 aromatic heterocycles. The number of aromatic nitrogens is 4. The third kappa shape index (κ3) is 7.64. The summed E-state index contributed by atoms with van der Waals surface area (Å²) >= 11 is 0. The van der Waals surface area contributed by atoms with Gasteiger partial charge in [-0.1, -0.05) is 64.1 Å². The zero-order chi connectivity index (χ0) is 39.7. The number of hydrogen-bond acceptors (Lipinski definition) is 8. The van der Waals surface area contributed by atoms with Crippen molar-refractivity contribution in [2.24, 2.45) is 11.8 Å². The zero-order valence-corrected chi connectivity index (χ0v) is 32.7. The topological polar surface area (TPSA) is 175 Å². The van der Waals surface area contributed by atoms with Gasteiger partial charge in [-0.25, -0.2) is 19.6 Å². The van der Waals surface area contributed by atoms with Crippen LogP contribution in [0.1, 0.15) is 77.1 Å². The van der Waals surface area contributed by atoms with Crippen molar-refractivity contribution in [1.29, 1.82) is 0 Å². The molecule has 2 saturated heterocycles. The maximum absolute atomic E-state index is 13.6. The number of alkyl carbamates (subject to hydrolysis) is 2. The fraction of sp³-hybridized carbons (Fsp3) is 0.429. The second kappa shape index (κ2) is 16.0. The molecule has 14 nitrogen and oxygen atoms in total. The molecule has 0 bridgehead atoms. The summed E-state index contributed by atoms with van der Waals surface area (Å²) in [6, 6.07) is 18.9. The third-order valence-electron chi connectivity index (χ3n) is 11.0. The first-order valence-corrected chi connectivity index (χ1v) is 19.4. The molecule has 56 heavy (non-hydrogen) atoms. The molecule has 2 aliphatic heterocycles. The number of ether oxygens (including phenoxy) is 2. The molecule has 2 unspecified atom stereocenters. The first-order valence-electron chi connectivity index (χ1n) is 19.4. The van der Waals surface area contributed by atoms with E-state index in [1.54, 1.807) is 0 Å². The second-order valence-corrected chi connectivity index (χ2v) is 15.4. The van der Waals surface area contributed by atoms with Gasteiger partial charge in [0, 0.05) is 13.1 Å². The third-order valence-corrected chi connectivity index (χ3v) is 11.0. The van der Waals surface area contributed by atoms with Crippen LogP contribution in [-0.2, 0) is 19.1 Å². The lowest BCUT2D eigenvalue weighted by molar-refractivity contribution is -0.136. The number of likely N-dealkylation sites (tertiary alicyclic amines) is 2. The average molecular weight is 763 g/mol. The number of nitrogens with one attached hydrogen (secondary N) is 4. The van der Waals surface area contributed by atoms with Crippen molar-refractivity contribution in [1.82, 2.24) is 40.4 Å². The second-order valence-electron chi connectivity index (χ2n) is 15.4. The van der Waals surface area contributed by atoms with Gasteiger partial charge in [0.1, 0.15) is 23.7 Å². The van der Waals surface area contributed by atoms with Crippen molar-refractivity contribution in [3.05, 3.63) is 72.3 Å². The summed E-state index contributed by atoms with van der Waals surface area (Å²) in [7, 11) is 2.58. The number of H-pyrrole nitrogens is 2. The van der Waals surface area contributed by atoms with Crippen LogP contribution in [0.2, 0.25) is 0 Å². The number of methoxy groups -OCH3 is 2. The lowest BCUT2D eigenvalue weighted by atomic mass is 10.00. The quantitative estimate of drug-likeness (QED) is 0.119. The Morgan fingerprint density at radius 2 is 1.00 bits per heavy atom. The lowest BCUT2D eigenvalue weighted by Gasteiger charge is -2.29. The molecule has 0 radical (unpaired) electrons. The first-order chi connectivity index (χ1) is 26.9. The van der Waals surface area contributed by atoms with E-state index in [9.17, 15) is 19.2 Å². The molecule has 4 amide bonds. The molecule has 0 spiro atoms. The number of amides is 4. The number of carbonyl (C=O) groups excluding carboxylic acids is 4. The maximum atomic E-state index is 13.6. The summed E-state index contributed by atoms with van der Waals surface area (Å²) in [4.78, 5) is 71.6. The number of fused-ring (bicyclic) bond motifs is 2. The Labute approximate surface area is 325 Å². The van der Waals surface area contributed by atoms with E-state index in [4.69, 9.17) is 19.4 Å². The number of carbonyl (C=O) groups is 4. The molecule has 7 rings (SSSR count). The highest BCUT2D eigenvalue weighted by Gasteiger charge is 2.39. The first kappa shape index (κ1) is 38.4. The molecule has 294 valence electrons. The summed E-state index contributed by atoms with van der Waals surface area (Å²) in [5, 5.41) is 5.41. The van der Waals surface area contributed by atoms with Crippen LogP contribution in [0, 0.1) is 11.8 Å². The molecule has 4 heterocycles. The molecule has 0 aliphatic carbocycles. The zero-order valence-electron chi connectivity index (χ0n) is 32.7. The Balaban J connectivity index is 1.06. The molecule has 3 aromatic carbocycles. The molecule has 2 aliphatic rings. The molecule has 4 N–H and O–H groups in total. The van der Waals surface area contributed by atoms with Gasteiger partial charge in [-0.15, -0.1) is 0 Å². The number of benzene rings is 3. The van der Waals surface area contributed by atoms with Crippen LogP contribution in [0.25, 0.3) is 44.3 Å². The van der Waals surface area contributed by atoms with Crippen LogP contribution >= 0.6 is 0 Å². The van der Waals surface area contributed by atoms with E-state index in [2.05, 4.69) is 69.1 Å². The summed E-state index contributed by atoms with van der Waals surface area (Å²) in [5.74, 6) is 0.974. The van der Waals surface area contributed by atoms with Crippen molar-refractivity contribution < 1.29 is 28.7 Å². The monoisotopic (exact) mass is 762 g/mol. The number of aromatic amines is 2. The summed E-state index contributed by atoms with van der Waals surface area (Å²) in [6.45, 7) is 8.80. The minimum absolute atomic E-state index is 0.108. The highest BCUT2D eigenvalue weighted by Crippen LogP contribution is 2.36. The number of hydrogen-bond donors (Lipinski definition) is 4. The van der Waals surface area contributed by atoms with Crippen LogP contribution < -0.4 is 10.6 Å². The van der Waals surface area contributed by atoms with Crippen molar-refractivity contribution in [2.75, 3.05) is 27.3 Å². The SMILES string of the molecule is COC(=O)NC(C(=O)N1CCCC1c1nc2cc(-c3ccc(-c4ccc5[nH]c([C@@H]6CCCN6C(=O)[C@@H](NC(=O)OC)C(C)C)nc5c4)cc3)ccc2[nH]1)C(C)C. The summed E-state index contributed by atoms with van der Waals surface area (Å²) in [6.07, 6.45) is 2.00. The Morgan fingerprint density at radius 1 is 0.625 bits per heavy atom. The standard InChI is InChI=1S/C42H50N8O6/c1-23(2)35(47-41(53)55-5)39(51)49-19-7-9-33(49)37-43-29-17-15-27(21-31(29)45-37)25-11-13-26(14-12-25)28-16-18-30-32(22-28)46-38(44-30)34-10-8-20-50(34)40(52)36(24(3)4)48-42(54)56-6/h11-18,21-24,33-36H,7-10,19-20H2,1-6H3,(H,43,45)(H,44,46)(H,47,53)(H,48,54)/t33-,34?,35-,36?/m0/s1. The molecule has 5 aromatic rings. The molecule has 0 saturated carbocycles. The Morgan fingerprint density at radius 3 is 1.36 bits per heavy atom. The molecule has 2 fully saturated rings. The fourth-order valence-corrected chi connectivity index (χ4v) is 7.97. The Kier molecular flexibility index (Phi) is 11.0. The lowest BCUT2D eigenvalue weighted by Crippen LogP contribution is -2.51. The van der Waals surface area contributed by atoms with Gasteiger partial charge < -0.3 is 39.9 Å². The molecular weight excluding hydrogens is 713 g/mol. The van der Waals surface area contributed by atoms with Crippen molar-refractivity contribution >= 4 is 46.1 Å². The van der Waals surface area contributed by atoms with Gasteiger partial charge in [-0.2, -0.15) is 0 Å². The predicted octanol–water partition coefficient (Wildman–Crippen LogP) is 6.86. The van der Waals surface area contributed by atoms with E-state index in [-0.39, 0.29) is 35.7 Å². The van der Waals surface area contributed by atoms with Gasteiger partial charge >= 0.3 is 12.2 Å². The van der Waals surface area contributed by atoms with Crippen LogP contribution in [0.4, 0.5) is 9.59 Å². The van der Waals surface area contributed by atoms with E-state index in [0.717, 1.165) is 81.7 Å². The number of imidazole rings is 2. The Hall–Kier alpha value is -5.92.